The summed E-state index contributed by atoms with van der Waals surface area (Å²) < 4.78 is 2.62. The first-order valence-corrected chi connectivity index (χ1v) is 7.03. The number of fused-ring (bicyclic) bond motifs is 1. The Balaban J connectivity index is 1.90. The molecule has 2 aromatic rings. The number of hydrogen-bond donors (Lipinski definition) is 1. The third kappa shape index (κ3) is 3.46. The molecule has 2 aromatic heterocycles. The highest BCUT2D eigenvalue weighted by molar-refractivity contribution is 5.75. The van der Waals surface area contributed by atoms with Crippen molar-refractivity contribution in [1.29, 1.82) is 0 Å². The van der Waals surface area contributed by atoms with Crippen molar-refractivity contribution in [3.05, 3.63) is 34.9 Å². The zero-order chi connectivity index (χ0) is 14.4. The smallest absolute Gasteiger partial charge is 0.350 e. The van der Waals surface area contributed by atoms with Gasteiger partial charge in [-0.05, 0) is 18.6 Å². The molecule has 2 rings (SSSR count). The first-order valence-electron chi connectivity index (χ1n) is 7.03. The van der Waals surface area contributed by atoms with Crippen LogP contribution in [-0.2, 0) is 11.3 Å². The Labute approximate surface area is 117 Å². The zero-order valence-corrected chi connectivity index (χ0v) is 11.7. The summed E-state index contributed by atoms with van der Waals surface area (Å²) in [6.07, 6.45) is 6.08. The Morgan fingerprint density at radius 2 is 2.15 bits per heavy atom. The van der Waals surface area contributed by atoms with Crippen molar-refractivity contribution in [3.63, 3.8) is 0 Å². The number of aromatic nitrogens is 3. The predicted octanol–water partition coefficient (Wildman–Crippen LogP) is 1.19. The van der Waals surface area contributed by atoms with Gasteiger partial charge in [0.05, 0.1) is 0 Å². The molecule has 0 aliphatic rings. The van der Waals surface area contributed by atoms with Crippen LogP contribution in [0.15, 0.2) is 29.2 Å². The number of carbonyl (C=O) groups excluding carboxylic acids is 1. The lowest BCUT2D eigenvalue weighted by atomic mass is 10.2. The molecular formula is C14H20N4O2. The van der Waals surface area contributed by atoms with Gasteiger partial charge < -0.3 is 5.32 Å². The second kappa shape index (κ2) is 6.88. The van der Waals surface area contributed by atoms with E-state index in [0.717, 1.165) is 12.8 Å². The average molecular weight is 276 g/mol. The van der Waals surface area contributed by atoms with E-state index in [9.17, 15) is 9.59 Å². The van der Waals surface area contributed by atoms with E-state index < -0.39 is 0 Å². The van der Waals surface area contributed by atoms with Gasteiger partial charge in [0.2, 0.25) is 5.91 Å². The quantitative estimate of drug-likeness (QED) is 0.772. The topological polar surface area (TPSA) is 68.4 Å². The number of pyridine rings is 1. The summed E-state index contributed by atoms with van der Waals surface area (Å²) in [5.74, 6) is -0.174. The van der Waals surface area contributed by atoms with Crippen LogP contribution in [0.25, 0.3) is 5.65 Å². The summed E-state index contributed by atoms with van der Waals surface area (Å²) in [5, 5.41) is 6.93. The molecule has 0 spiro atoms. The van der Waals surface area contributed by atoms with Crippen molar-refractivity contribution in [2.75, 3.05) is 6.54 Å². The summed E-state index contributed by atoms with van der Waals surface area (Å²) in [6.45, 7) is 2.77. The van der Waals surface area contributed by atoms with Crippen LogP contribution in [-0.4, -0.2) is 26.6 Å². The van der Waals surface area contributed by atoms with Gasteiger partial charge in [0.15, 0.2) is 5.65 Å². The lowest BCUT2D eigenvalue weighted by molar-refractivity contribution is -0.121. The molecule has 6 nitrogen and oxygen atoms in total. The first-order chi connectivity index (χ1) is 9.72. The number of unbranched alkanes of at least 4 members (excludes halogenated alkanes) is 3. The number of rotatable bonds is 7. The van der Waals surface area contributed by atoms with E-state index in [4.69, 9.17) is 0 Å². The minimum Gasteiger partial charge on any atom is -0.354 e. The van der Waals surface area contributed by atoms with Gasteiger partial charge in [0, 0.05) is 12.7 Å². The lowest BCUT2D eigenvalue weighted by Crippen LogP contribution is -2.33. The maximum Gasteiger partial charge on any atom is 0.350 e. The Hall–Kier alpha value is -2.11. The average Bonchev–Trinajstić information content (AvgIpc) is 2.76. The highest BCUT2D eigenvalue weighted by Crippen LogP contribution is 1.97. The molecule has 0 aliphatic carbocycles. The molecule has 0 radical (unpaired) electrons. The molecule has 0 saturated heterocycles. The van der Waals surface area contributed by atoms with Gasteiger partial charge in [-0.1, -0.05) is 32.3 Å². The third-order valence-corrected chi connectivity index (χ3v) is 3.13. The first kappa shape index (κ1) is 14.3. The van der Waals surface area contributed by atoms with E-state index >= 15 is 0 Å². The van der Waals surface area contributed by atoms with Gasteiger partial charge in [-0.3, -0.25) is 9.20 Å². The van der Waals surface area contributed by atoms with Crippen LogP contribution in [0.4, 0.5) is 0 Å². The fourth-order valence-corrected chi connectivity index (χ4v) is 2.04. The highest BCUT2D eigenvalue weighted by atomic mass is 16.2. The second-order valence-corrected chi connectivity index (χ2v) is 4.78. The number of carbonyl (C=O) groups is 1. The number of nitrogens with zero attached hydrogens (tertiary/aromatic N) is 3. The van der Waals surface area contributed by atoms with E-state index in [1.807, 2.05) is 0 Å². The van der Waals surface area contributed by atoms with E-state index in [2.05, 4.69) is 17.3 Å². The van der Waals surface area contributed by atoms with Crippen molar-refractivity contribution in [3.8, 4) is 0 Å². The summed E-state index contributed by atoms with van der Waals surface area (Å²) in [4.78, 5) is 23.7. The largest absolute Gasteiger partial charge is 0.354 e. The van der Waals surface area contributed by atoms with Crippen LogP contribution in [0.3, 0.4) is 0 Å². The summed E-state index contributed by atoms with van der Waals surface area (Å²) in [7, 11) is 0. The molecule has 20 heavy (non-hydrogen) atoms. The molecule has 0 unspecified atom stereocenters. The Morgan fingerprint density at radius 1 is 1.30 bits per heavy atom. The van der Waals surface area contributed by atoms with Crippen molar-refractivity contribution < 1.29 is 4.79 Å². The van der Waals surface area contributed by atoms with Gasteiger partial charge >= 0.3 is 5.69 Å². The van der Waals surface area contributed by atoms with Crippen molar-refractivity contribution in [1.82, 2.24) is 19.5 Å². The Morgan fingerprint density at radius 3 is 2.90 bits per heavy atom. The van der Waals surface area contributed by atoms with Gasteiger partial charge in [0.25, 0.3) is 0 Å². The molecule has 0 aromatic carbocycles. The SMILES string of the molecule is CCCCCCNC(=O)Cn1nc2ccccn2c1=O. The second-order valence-electron chi connectivity index (χ2n) is 4.78. The van der Waals surface area contributed by atoms with Gasteiger partial charge in [-0.2, -0.15) is 0 Å². The lowest BCUT2D eigenvalue weighted by Gasteiger charge is -2.04. The molecular weight excluding hydrogens is 256 g/mol. The normalized spacial score (nSPS) is 10.8. The molecule has 2 heterocycles. The fourth-order valence-electron chi connectivity index (χ4n) is 2.04. The van der Waals surface area contributed by atoms with Crippen LogP contribution >= 0.6 is 0 Å². The molecule has 108 valence electrons. The molecule has 1 N–H and O–H groups in total. The van der Waals surface area contributed by atoms with Gasteiger partial charge in [-0.15, -0.1) is 5.10 Å². The number of nitrogens with one attached hydrogen (secondary N) is 1. The third-order valence-electron chi connectivity index (χ3n) is 3.13. The van der Waals surface area contributed by atoms with Crippen LogP contribution in [0, 0.1) is 0 Å². The predicted molar refractivity (Wildman–Crippen MR) is 76.6 cm³/mol. The Bertz CT molecular complexity index is 629. The number of hydrogen-bond acceptors (Lipinski definition) is 3. The van der Waals surface area contributed by atoms with E-state index in [1.165, 1.54) is 21.9 Å². The van der Waals surface area contributed by atoms with E-state index in [1.54, 1.807) is 24.4 Å². The standard InChI is InChI=1S/C14H20N4O2/c1-2-3-4-6-9-15-13(19)11-18-14(20)17-10-7-5-8-12(17)16-18/h5,7-8,10H,2-4,6,9,11H2,1H3,(H,15,19). The number of amides is 1. The summed E-state index contributed by atoms with van der Waals surface area (Å²) in [6, 6.07) is 5.30. The van der Waals surface area contributed by atoms with E-state index in [-0.39, 0.29) is 18.1 Å². The van der Waals surface area contributed by atoms with Crippen LogP contribution < -0.4 is 11.0 Å². The van der Waals surface area contributed by atoms with Crippen molar-refractivity contribution >= 4 is 11.6 Å². The fraction of sp³-hybridized carbons (Fsp3) is 0.500. The molecule has 0 fully saturated rings. The van der Waals surface area contributed by atoms with Gasteiger partial charge in [-0.25, -0.2) is 9.48 Å². The van der Waals surface area contributed by atoms with Crippen LogP contribution in [0.5, 0.6) is 0 Å². The van der Waals surface area contributed by atoms with Crippen molar-refractivity contribution in [2.24, 2.45) is 0 Å². The summed E-state index contributed by atoms with van der Waals surface area (Å²) in [5.41, 5.74) is 0.259. The zero-order valence-electron chi connectivity index (χ0n) is 11.7. The Kier molecular flexibility index (Phi) is 4.92. The minimum absolute atomic E-state index is 0.0334. The van der Waals surface area contributed by atoms with Crippen LogP contribution in [0.1, 0.15) is 32.6 Å². The molecule has 6 heteroatoms. The molecule has 0 saturated carbocycles. The molecule has 1 amide bonds. The minimum atomic E-state index is -0.290. The summed E-state index contributed by atoms with van der Waals surface area (Å²) >= 11 is 0. The maximum atomic E-state index is 12.0. The maximum absolute atomic E-state index is 12.0. The highest BCUT2D eigenvalue weighted by Gasteiger charge is 2.09. The molecule has 0 aliphatic heterocycles. The van der Waals surface area contributed by atoms with E-state index in [0.29, 0.717) is 12.2 Å². The van der Waals surface area contributed by atoms with Gasteiger partial charge in [0.1, 0.15) is 6.54 Å². The monoisotopic (exact) mass is 276 g/mol. The van der Waals surface area contributed by atoms with Crippen LogP contribution in [0.2, 0.25) is 0 Å². The molecule has 0 bridgehead atoms. The molecule has 0 atom stereocenters. The van der Waals surface area contributed by atoms with Crippen molar-refractivity contribution in [2.45, 2.75) is 39.2 Å².